The number of hydrogen-bond acceptors (Lipinski definition) is 5. The Kier molecular flexibility index (Phi) is 7.66. The summed E-state index contributed by atoms with van der Waals surface area (Å²) in [7, 11) is 0. The fraction of sp³-hybridized carbons (Fsp3) is 0.350. The fourth-order valence-corrected chi connectivity index (χ4v) is 2.99. The van der Waals surface area contributed by atoms with Crippen molar-refractivity contribution in [1.29, 1.82) is 0 Å². The predicted molar refractivity (Wildman–Crippen MR) is 103 cm³/mol. The maximum absolute atomic E-state index is 13.2. The van der Waals surface area contributed by atoms with Gasteiger partial charge in [-0.1, -0.05) is 12.1 Å². The van der Waals surface area contributed by atoms with Crippen molar-refractivity contribution in [3.05, 3.63) is 59.4 Å². The molecule has 138 valence electrons. The normalized spacial score (nSPS) is 10.4. The number of thioether (sulfide) groups is 1. The van der Waals surface area contributed by atoms with Gasteiger partial charge in [-0.25, -0.2) is 0 Å². The highest BCUT2D eigenvalue weighted by molar-refractivity contribution is 7.98. The van der Waals surface area contributed by atoms with Crippen LogP contribution in [-0.4, -0.2) is 41.2 Å². The molecule has 2 aromatic rings. The van der Waals surface area contributed by atoms with Crippen LogP contribution in [0, 0.1) is 6.92 Å². The number of rotatable bonds is 8. The fourth-order valence-electron chi connectivity index (χ4n) is 2.55. The molecule has 1 aromatic heterocycles. The van der Waals surface area contributed by atoms with E-state index in [1.165, 1.54) is 0 Å². The summed E-state index contributed by atoms with van der Waals surface area (Å²) < 4.78 is 5.00. The number of benzene rings is 1. The van der Waals surface area contributed by atoms with E-state index in [9.17, 15) is 9.59 Å². The maximum atomic E-state index is 13.2. The van der Waals surface area contributed by atoms with Crippen molar-refractivity contribution < 1.29 is 14.3 Å². The van der Waals surface area contributed by atoms with Crippen molar-refractivity contribution in [3.63, 3.8) is 0 Å². The zero-order valence-corrected chi connectivity index (χ0v) is 16.2. The number of carbonyl (C=O) groups excluding carboxylic acids is 2. The minimum absolute atomic E-state index is 0.0912. The second-order valence-electron chi connectivity index (χ2n) is 5.82. The van der Waals surface area contributed by atoms with Crippen molar-refractivity contribution in [2.45, 2.75) is 31.7 Å². The summed E-state index contributed by atoms with van der Waals surface area (Å²) in [6.45, 7) is 4.73. The van der Waals surface area contributed by atoms with Crippen LogP contribution >= 0.6 is 11.8 Å². The van der Waals surface area contributed by atoms with Crippen molar-refractivity contribution in [3.8, 4) is 0 Å². The molecule has 0 N–H and O–H groups in total. The molecule has 0 unspecified atom stereocenters. The van der Waals surface area contributed by atoms with Crippen LogP contribution in [0.15, 0.2) is 47.6 Å². The van der Waals surface area contributed by atoms with Gasteiger partial charge in [0.1, 0.15) is 0 Å². The van der Waals surface area contributed by atoms with Crippen LogP contribution in [0.25, 0.3) is 0 Å². The van der Waals surface area contributed by atoms with Gasteiger partial charge in [0, 0.05) is 35.9 Å². The summed E-state index contributed by atoms with van der Waals surface area (Å²) in [6, 6.07) is 9.61. The summed E-state index contributed by atoms with van der Waals surface area (Å²) in [4.78, 5) is 31.7. The van der Waals surface area contributed by atoms with Crippen LogP contribution in [0.4, 0.5) is 0 Å². The van der Waals surface area contributed by atoms with E-state index in [0.717, 1.165) is 16.0 Å². The molecule has 0 saturated carbocycles. The summed E-state index contributed by atoms with van der Waals surface area (Å²) in [5, 5.41) is 0. The van der Waals surface area contributed by atoms with Gasteiger partial charge < -0.3 is 9.64 Å². The monoisotopic (exact) mass is 372 g/mol. The lowest BCUT2D eigenvalue weighted by Gasteiger charge is -2.23. The standard InChI is InChI=1S/C20H24N2O3S/c1-4-25-19(23)9-11-22(14-16-6-5-10-21-13-16)20(24)18-12-17(26-3)8-7-15(18)2/h5-8,10,12-13H,4,9,11,14H2,1-3H3. The Bertz CT molecular complexity index is 750. The summed E-state index contributed by atoms with van der Waals surface area (Å²) >= 11 is 1.59. The van der Waals surface area contributed by atoms with Gasteiger partial charge >= 0.3 is 5.97 Å². The molecule has 1 heterocycles. The molecule has 6 heteroatoms. The Hall–Kier alpha value is -2.34. The molecule has 26 heavy (non-hydrogen) atoms. The SMILES string of the molecule is CCOC(=O)CCN(Cc1cccnc1)C(=O)c1cc(SC)ccc1C. The van der Waals surface area contributed by atoms with Crippen LogP contribution in [0.5, 0.6) is 0 Å². The smallest absolute Gasteiger partial charge is 0.307 e. The largest absolute Gasteiger partial charge is 0.466 e. The summed E-state index contributed by atoms with van der Waals surface area (Å²) in [5.41, 5.74) is 2.49. The van der Waals surface area contributed by atoms with E-state index >= 15 is 0 Å². The molecule has 5 nitrogen and oxygen atoms in total. The zero-order valence-electron chi connectivity index (χ0n) is 15.4. The van der Waals surface area contributed by atoms with E-state index in [1.54, 1.807) is 36.0 Å². The molecule has 0 aliphatic heterocycles. The molecule has 0 bridgehead atoms. The molecule has 0 fully saturated rings. The van der Waals surface area contributed by atoms with Crippen LogP contribution in [0.1, 0.15) is 34.8 Å². The van der Waals surface area contributed by atoms with Gasteiger partial charge in [-0.05, 0) is 49.4 Å². The molecule has 0 spiro atoms. The minimum atomic E-state index is -0.300. The van der Waals surface area contributed by atoms with Crippen LogP contribution in [-0.2, 0) is 16.1 Å². The van der Waals surface area contributed by atoms with Crippen molar-refractivity contribution in [2.75, 3.05) is 19.4 Å². The maximum Gasteiger partial charge on any atom is 0.307 e. The van der Waals surface area contributed by atoms with Gasteiger partial charge in [-0.3, -0.25) is 14.6 Å². The highest BCUT2D eigenvalue weighted by Crippen LogP contribution is 2.21. The Morgan fingerprint density at radius 2 is 2.08 bits per heavy atom. The molecular weight excluding hydrogens is 348 g/mol. The minimum Gasteiger partial charge on any atom is -0.466 e. The van der Waals surface area contributed by atoms with Crippen LogP contribution in [0.2, 0.25) is 0 Å². The number of pyridine rings is 1. The highest BCUT2D eigenvalue weighted by atomic mass is 32.2. The van der Waals surface area contributed by atoms with Crippen molar-refractivity contribution in [1.82, 2.24) is 9.88 Å². The number of hydrogen-bond donors (Lipinski definition) is 0. The lowest BCUT2D eigenvalue weighted by atomic mass is 10.1. The van der Waals surface area contributed by atoms with E-state index in [-0.39, 0.29) is 18.3 Å². The first kappa shape index (κ1) is 20.0. The van der Waals surface area contributed by atoms with E-state index in [4.69, 9.17) is 4.74 Å². The molecule has 0 atom stereocenters. The number of esters is 1. The quantitative estimate of drug-likeness (QED) is 0.522. The number of carbonyl (C=O) groups is 2. The number of aromatic nitrogens is 1. The van der Waals surface area contributed by atoms with Crippen LogP contribution < -0.4 is 0 Å². The Labute approximate surface area is 158 Å². The van der Waals surface area contributed by atoms with Gasteiger partial charge in [0.2, 0.25) is 0 Å². The topological polar surface area (TPSA) is 59.5 Å². The molecule has 2 rings (SSSR count). The Morgan fingerprint density at radius 1 is 1.27 bits per heavy atom. The Morgan fingerprint density at radius 3 is 2.73 bits per heavy atom. The van der Waals surface area contributed by atoms with E-state index in [1.807, 2.05) is 43.5 Å². The lowest BCUT2D eigenvalue weighted by molar-refractivity contribution is -0.143. The van der Waals surface area contributed by atoms with E-state index < -0.39 is 0 Å². The molecule has 0 aliphatic carbocycles. The molecule has 1 aromatic carbocycles. The number of amides is 1. The third-order valence-electron chi connectivity index (χ3n) is 3.95. The third-order valence-corrected chi connectivity index (χ3v) is 4.68. The van der Waals surface area contributed by atoms with Crippen molar-refractivity contribution in [2.24, 2.45) is 0 Å². The molecule has 0 radical (unpaired) electrons. The van der Waals surface area contributed by atoms with E-state index in [0.29, 0.717) is 25.3 Å². The molecule has 1 amide bonds. The molecular formula is C20H24N2O3S. The number of ether oxygens (including phenoxy) is 1. The lowest BCUT2D eigenvalue weighted by Crippen LogP contribution is -2.33. The first-order chi connectivity index (χ1) is 12.5. The van der Waals surface area contributed by atoms with Crippen molar-refractivity contribution >= 4 is 23.6 Å². The number of aryl methyl sites for hydroxylation is 1. The third kappa shape index (κ3) is 5.59. The zero-order chi connectivity index (χ0) is 18.9. The van der Waals surface area contributed by atoms with E-state index in [2.05, 4.69) is 4.98 Å². The van der Waals surface area contributed by atoms with Gasteiger partial charge in [0.15, 0.2) is 0 Å². The summed E-state index contributed by atoms with van der Waals surface area (Å²) in [6.07, 6.45) is 5.57. The summed E-state index contributed by atoms with van der Waals surface area (Å²) in [5.74, 6) is -0.391. The van der Waals surface area contributed by atoms with Gasteiger partial charge in [0.25, 0.3) is 5.91 Å². The average Bonchev–Trinajstić information content (AvgIpc) is 2.66. The second-order valence-corrected chi connectivity index (χ2v) is 6.70. The predicted octanol–water partition coefficient (Wildman–Crippen LogP) is 3.71. The Balaban J connectivity index is 2.23. The average molecular weight is 372 g/mol. The first-order valence-corrected chi connectivity index (χ1v) is 9.76. The second kappa shape index (κ2) is 9.97. The van der Waals surface area contributed by atoms with Gasteiger partial charge in [-0.15, -0.1) is 11.8 Å². The highest BCUT2D eigenvalue weighted by Gasteiger charge is 2.20. The van der Waals surface area contributed by atoms with Gasteiger partial charge in [0.05, 0.1) is 13.0 Å². The first-order valence-electron chi connectivity index (χ1n) is 8.53. The number of nitrogens with zero attached hydrogens (tertiary/aromatic N) is 2. The van der Waals surface area contributed by atoms with Crippen LogP contribution in [0.3, 0.4) is 0 Å². The molecule has 0 aliphatic rings. The van der Waals surface area contributed by atoms with Gasteiger partial charge in [-0.2, -0.15) is 0 Å². The molecule has 0 saturated heterocycles.